The van der Waals surface area contributed by atoms with Crippen LogP contribution in [0.15, 0.2) is 28.8 Å². The molecule has 23 heavy (non-hydrogen) atoms. The molecule has 1 amide bonds. The summed E-state index contributed by atoms with van der Waals surface area (Å²) in [5, 5.41) is 7.57. The molecule has 0 spiro atoms. The van der Waals surface area contributed by atoms with E-state index in [0.29, 0.717) is 23.2 Å². The molecule has 2 aromatic rings. The molecule has 1 aromatic carbocycles. The molecule has 0 radical (unpaired) electrons. The maximum Gasteiger partial charge on any atom is 0.249 e. The smallest absolute Gasteiger partial charge is 0.249 e. The molecule has 5 nitrogen and oxygen atoms in total. The summed E-state index contributed by atoms with van der Waals surface area (Å²) in [4.78, 5) is 17.2. The molecule has 0 saturated heterocycles. The van der Waals surface area contributed by atoms with Gasteiger partial charge in [0.25, 0.3) is 0 Å². The number of aromatic nitrogens is 2. The van der Waals surface area contributed by atoms with E-state index in [-0.39, 0.29) is 11.9 Å². The molecule has 0 unspecified atom stereocenters. The fourth-order valence-corrected chi connectivity index (χ4v) is 3.16. The fraction of sp³-hybridized carbons (Fsp3) is 0.471. The molecule has 6 heteroatoms. The topological polar surface area (TPSA) is 68.0 Å². The number of halogens is 1. The van der Waals surface area contributed by atoms with Gasteiger partial charge in [-0.2, -0.15) is 4.98 Å². The van der Waals surface area contributed by atoms with Gasteiger partial charge in [0.2, 0.25) is 11.8 Å². The number of aryl methyl sites for hydroxylation is 1. The zero-order valence-electron chi connectivity index (χ0n) is 13.3. The normalized spacial score (nSPS) is 17.3. The number of amides is 1. The summed E-state index contributed by atoms with van der Waals surface area (Å²) < 4.78 is 5.21. The van der Waals surface area contributed by atoms with Gasteiger partial charge in [0.1, 0.15) is 6.04 Å². The number of nitrogens with zero attached hydrogens (tertiary/aromatic N) is 2. The van der Waals surface area contributed by atoms with Gasteiger partial charge in [0.05, 0.1) is 5.41 Å². The zero-order valence-corrected chi connectivity index (χ0v) is 14.1. The van der Waals surface area contributed by atoms with Gasteiger partial charge in [-0.1, -0.05) is 42.2 Å². The first-order valence-electron chi connectivity index (χ1n) is 7.92. The number of hydrogen-bond donors (Lipinski definition) is 1. The highest BCUT2D eigenvalue weighted by Crippen LogP contribution is 2.44. The van der Waals surface area contributed by atoms with E-state index < -0.39 is 5.41 Å². The number of carbonyl (C=O) groups is 1. The molecule has 1 N–H and O–H groups in total. The van der Waals surface area contributed by atoms with E-state index in [4.69, 9.17) is 16.1 Å². The van der Waals surface area contributed by atoms with Crippen LogP contribution in [-0.2, 0) is 10.2 Å². The number of nitrogens with one attached hydrogen (secondary N) is 1. The van der Waals surface area contributed by atoms with E-state index in [9.17, 15) is 4.79 Å². The summed E-state index contributed by atoms with van der Waals surface area (Å²) in [6.45, 7) is 3.75. The standard InChI is InChI=1S/C17H20ClN3O2/c1-3-14(15-19-11(2)21-23-15)20-16(22)17(9-4-10-17)12-5-7-13(18)8-6-12/h5-8,14H,3-4,9-10H2,1-2H3,(H,20,22)/t14-/m0/s1. The molecule has 1 heterocycles. The van der Waals surface area contributed by atoms with Crippen molar-refractivity contribution in [1.29, 1.82) is 0 Å². The monoisotopic (exact) mass is 333 g/mol. The Morgan fingerprint density at radius 2 is 2.09 bits per heavy atom. The summed E-state index contributed by atoms with van der Waals surface area (Å²) in [6, 6.07) is 7.30. The lowest BCUT2D eigenvalue weighted by Gasteiger charge is -2.41. The molecule has 1 aromatic heterocycles. The Morgan fingerprint density at radius 3 is 2.57 bits per heavy atom. The Balaban J connectivity index is 1.81. The molecule has 1 fully saturated rings. The lowest BCUT2D eigenvalue weighted by atomic mass is 9.63. The highest BCUT2D eigenvalue weighted by molar-refractivity contribution is 6.30. The van der Waals surface area contributed by atoms with Gasteiger partial charge in [-0.3, -0.25) is 4.79 Å². The summed E-state index contributed by atoms with van der Waals surface area (Å²) in [5.74, 6) is 1.06. The summed E-state index contributed by atoms with van der Waals surface area (Å²) in [6.07, 6.45) is 3.44. The molecular formula is C17H20ClN3O2. The first-order valence-corrected chi connectivity index (χ1v) is 8.30. The van der Waals surface area contributed by atoms with Crippen LogP contribution in [-0.4, -0.2) is 16.0 Å². The van der Waals surface area contributed by atoms with E-state index >= 15 is 0 Å². The number of hydrogen-bond acceptors (Lipinski definition) is 4. The van der Waals surface area contributed by atoms with Crippen molar-refractivity contribution in [2.24, 2.45) is 0 Å². The van der Waals surface area contributed by atoms with Crippen molar-refractivity contribution in [2.75, 3.05) is 0 Å². The van der Waals surface area contributed by atoms with Crippen LogP contribution in [0.2, 0.25) is 5.02 Å². The van der Waals surface area contributed by atoms with Gasteiger partial charge in [0, 0.05) is 5.02 Å². The summed E-state index contributed by atoms with van der Waals surface area (Å²) >= 11 is 5.96. The number of rotatable bonds is 5. The van der Waals surface area contributed by atoms with E-state index in [1.807, 2.05) is 31.2 Å². The molecular weight excluding hydrogens is 314 g/mol. The Bertz CT molecular complexity index is 692. The second-order valence-electron chi connectivity index (χ2n) is 6.06. The predicted molar refractivity (Wildman–Crippen MR) is 87.2 cm³/mol. The quantitative estimate of drug-likeness (QED) is 0.905. The molecule has 1 atom stereocenters. The van der Waals surface area contributed by atoms with Gasteiger partial charge >= 0.3 is 0 Å². The SMILES string of the molecule is CC[C@H](NC(=O)C1(c2ccc(Cl)cc2)CCC1)c1nc(C)no1. The van der Waals surface area contributed by atoms with E-state index in [2.05, 4.69) is 15.5 Å². The van der Waals surface area contributed by atoms with Gasteiger partial charge in [0.15, 0.2) is 5.82 Å². The zero-order chi connectivity index (χ0) is 16.4. The van der Waals surface area contributed by atoms with Gasteiger partial charge in [-0.15, -0.1) is 0 Å². The third kappa shape index (κ3) is 2.98. The lowest BCUT2D eigenvalue weighted by Crippen LogP contribution is -2.50. The van der Waals surface area contributed by atoms with E-state index in [0.717, 1.165) is 24.8 Å². The highest BCUT2D eigenvalue weighted by Gasteiger charge is 2.46. The average molecular weight is 334 g/mol. The summed E-state index contributed by atoms with van der Waals surface area (Å²) in [7, 11) is 0. The molecule has 1 aliphatic carbocycles. The minimum absolute atomic E-state index is 0.0220. The minimum atomic E-state index is -0.465. The van der Waals surface area contributed by atoms with Crippen molar-refractivity contribution >= 4 is 17.5 Å². The fourth-order valence-electron chi connectivity index (χ4n) is 3.04. The van der Waals surface area contributed by atoms with Crippen LogP contribution in [0.3, 0.4) is 0 Å². The van der Waals surface area contributed by atoms with E-state index in [1.54, 1.807) is 6.92 Å². The Hall–Kier alpha value is -1.88. The minimum Gasteiger partial charge on any atom is -0.344 e. The highest BCUT2D eigenvalue weighted by atomic mass is 35.5. The molecule has 122 valence electrons. The van der Waals surface area contributed by atoms with Crippen LogP contribution in [0, 0.1) is 6.92 Å². The lowest BCUT2D eigenvalue weighted by molar-refractivity contribution is -0.131. The van der Waals surface area contributed by atoms with E-state index in [1.165, 1.54) is 0 Å². The van der Waals surface area contributed by atoms with Crippen LogP contribution < -0.4 is 5.32 Å². The second kappa shape index (κ2) is 6.32. The third-order valence-electron chi connectivity index (χ3n) is 4.59. The van der Waals surface area contributed by atoms with Crippen molar-refractivity contribution in [3.8, 4) is 0 Å². The first kappa shape index (κ1) is 16.0. The molecule has 1 aliphatic rings. The van der Waals surface area contributed by atoms with Gasteiger partial charge in [-0.25, -0.2) is 0 Å². The Morgan fingerprint density at radius 1 is 1.39 bits per heavy atom. The number of benzene rings is 1. The maximum atomic E-state index is 12.9. The third-order valence-corrected chi connectivity index (χ3v) is 4.85. The van der Waals surface area contributed by atoms with Crippen molar-refractivity contribution in [1.82, 2.24) is 15.5 Å². The largest absolute Gasteiger partial charge is 0.344 e. The van der Waals surface area contributed by atoms with Gasteiger partial charge < -0.3 is 9.84 Å². The molecule has 1 saturated carbocycles. The van der Waals surface area contributed by atoms with Crippen LogP contribution >= 0.6 is 11.6 Å². The Kier molecular flexibility index (Phi) is 4.39. The number of carbonyl (C=O) groups excluding carboxylic acids is 1. The van der Waals surface area contributed by atoms with Crippen molar-refractivity contribution < 1.29 is 9.32 Å². The van der Waals surface area contributed by atoms with Crippen LogP contribution in [0.25, 0.3) is 0 Å². The second-order valence-corrected chi connectivity index (χ2v) is 6.49. The predicted octanol–water partition coefficient (Wildman–Crippen LogP) is 3.72. The maximum absolute atomic E-state index is 12.9. The van der Waals surface area contributed by atoms with Crippen LogP contribution in [0.4, 0.5) is 0 Å². The van der Waals surface area contributed by atoms with Crippen LogP contribution in [0.5, 0.6) is 0 Å². The van der Waals surface area contributed by atoms with Crippen molar-refractivity contribution in [3.63, 3.8) is 0 Å². The Labute approximate surface area is 140 Å². The molecule has 3 rings (SSSR count). The molecule has 0 bridgehead atoms. The summed E-state index contributed by atoms with van der Waals surface area (Å²) in [5.41, 5.74) is 0.551. The van der Waals surface area contributed by atoms with Gasteiger partial charge in [-0.05, 0) is 43.9 Å². The average Bonchev–Trinajstić information content (AvgIpc) is 2.92. The first-order chi connectivity index (χ1) is 11.0. The van der Waals surface area contributed by atoms with Crippen molar-refractivity contribution in [3.05, 3.63) is 46.6 Å². The van der Waals surface area contributed by atoms with Crippen LogP contribution in [0.1, 0.15) is 55.9 Å². The molecule has 0 aliphatic heterocycles. The van der Waals surface area contributed by atoms with Crippen molar-refractivity contribution in [2.45, 2.75) is 51.0 Å².